The zero-order valence-electron chi connectivity index (χ0n) is 9.82. The number of hydrogen-bond acceptors (Lipinski definition) is 3. The molecule has 3 nitrogen and oxygen atoms in total. The molecule has 0 saturated heterocycles. The molecule has 0 radical (unpaired) electrons. The van der Waals surface area contributed by atoms with Gasteiger partial charge < -0.3 is 10.5 Å². The molecule has 1 aromatic carbocycles. The van der Waals surface area contributed by atoms with Gasteiger partial charge in [0.2, 0.25) is 0 Å². The van der Waals surface area contributed by atoms with Gasteiger partial charge in [-0.15, -0.1) is 0 Å². The highest BCUT2D eigenvalue weighted by Gasteiger charge is 2.33. The van der Waals surface area contributed by atoms with E-state index in [1.807, 2.05) is 0 Å². The van der Waals surface area contributed by atoms with Crippen LogP contribution in [0.2, 0.25) is 0 Å². The number of aromatic nitrogens is 1. The quantitative estimate of drug-likeness (QED) is 0.929. The van der Waals surface area contributed by atoms with Gasteiger partial charge in [0, 0.05) is 18.0 Å². The Kier molecular flexibility index (Phi) is 3.59. The average Bonchev–Trinajstić information content (AvgIpc) is 2.36. The molecule has 1 heterocycles. The van der Waals surface area contributed by atoms with Crippen LogP contribution in [-0.4, -0.2) is 4.98 Å². The monoisotopic (exact) mass is 268 g/mol. The van der Waals surface area contributed by atoms with Gasteiger partial charge in [0.1, 0.15) is 12.4 Å². The Morgan fingerprint density at radius 1 is 1.16 bits per heavy atom. The Balaban J connectivity index is 2.16. The molecule has 100 valence electrons. The van der Waals surface area contributed by atoms with Crippen molar-refractivity contribution in [2.75, 3.05) is 5.73 Å². The summed E-state index contributed by atoms with van der Waals surface area (Å²) in [6.07, 6.45) is -1.50. The van der Waals surface area contributed by atoms with E-state index in [1.165, 1.54) is 30.6 Å². The molecule has 0 spiro atoms. The molecule has 0 atom stereocenters. The summed E-state index contributed by atoms with van der Waals surface area (Å²) >= 11 is 0. The zero-order chi connectivity index (χ0) is 13.9. The van der Waals surface area contributed by atoms with E-state index in [0.29, 0.717) is 11.3 Å². The van der Waals surface area contributed by atoms with Crippen molar-refractivity contribution >= 4 is 5.69 Å². The van der Waals surface area contributed by atoms with Gasteiger partial charge in [-0.1, -0.05) is 12.1 Å². The summed E-state index contributed by atoms with van der Waals surface area (Å²) in [5.41, 5.74) is 5.77. The number of alkyl halides is 3. The Hall–Kier alpha value is -2.24. The van der Waals surface area contributed by atoms with Gasteiger partial charge in [0.15, 0.2) is 0 Å². The number of para-hydroxylation sites is 1. The maximum Gasteiger partial charge on any atom is 0.419 e. The first kappa shape index (κ1) is 13.2. The minimum atomic E-state index is -4.44. The SMILES string of the molecule is Nc1cncc(COc2ccccc2C(F)(F)F)c1. The second-order valence-electron chi connectivity index (χ2n) is 3.91. The van der Waals surface area contributed by atoms with Crippen LogP contribution in [-0.2, 0) is 12.8 Å². The summed E-state index contributed by atoms with van der Waals surface area (Å²) < 4.78 is 43.4. The molecule has 19 heavy (non-hydrogen) atoms. The van der Waals surface area contributed by atoms with E-state index in [4.69, 9.17) is 10.5 Å². The number of benzene rings is 1. The van der Waals surface area contributed by atoms with Crippen LogP contribution in [0.5, 0.6) is 5.75 Å². The summed E-state index contributed by atoms with van der Waals surface area (Å²) in [6.45, 7) is -0.0227. The predicted octanol–water partition coefficient (Wildman–Crippen LogP) is 3.26. The molecule has 0 fully saturated rings. The number of nitrogens with zero attached hydrogens (tertiary/aromatic N) is 1. The van der Waals surface area contributed by atoms with Crippen LogP contribution in [0.1, 0.15) is 11.1 Å². The van der Waals surface area contributed by atoms with Gasteiger partial charge in [0.05, 0.1) is 11.3 Å². The fourth-order valence-electron chi connectivity index (χ4n) is 1.57. The third kappa shape index (κ3) is 3.37. The average molecular weight is 268 g/mol. The van der Waals surface area contributed by atoms with E-state index in [-0.39, 0.29) is 12.4 Å². The second kappa shape index (κ2) is 5.17. The lowest BCUT2D eigenvalue weighted by Crippen LogP contribution is -2.08. The lowest BCUT2D eigenvalue weighted by molar-refractivity contribution is -0.139. The topological polar surface area (TPSA) is 48.1 Å². The molecule has 2 N–H and O–H groups in total. The van der Waals surface area contributed by atoms with Crippen molar-refractivity contribution in [3.05, 3.63) is 53.9 Å². The van der Waals surface area contributed by atoms with Gasteiger partial charge in [-0.05, 0) is 18.2 Å². The molecule has 2 rings (SSSR count). The highest BCUT2D eigenvalue weighted by atomic mass is 19.4. The van der Waals surface area contributed by atoms with Gasteiger partial charge in [-0.3, -0.25) is 4.98 Å². The van der Waals surface area contributed by atoms with E-state index in [2.05, 4.69) is 4.98 Å². The Morgan fingerprint density at radius 3 is 2.58 bits per heavy atom. The summed E-state index contributed by atoms with van der Waals surface area (Å²) in [6, 6.07) is 6.67. The molecule has 2 aromatic rings. The van der Waals surface area contributed by atoms with E-state index < -0.39 is 11.7 Å². The smallest absolute Gasteiger partial charge is 0.419 e. The van der Waals surface area contributed by atoms with Crippen molar-refractivity contribution in [2.24, 2.45) is 0 Å². The lowest BCUT2D eigenvalue weighted by atomic mass is 10.2. The minimum Gasteiger partial charge on any atom is -0.488 e. The number of halogens is 3. The molecular weight excluding hydrogens is 257 g/mol. The first-order valence-electron chi connectivity index (χ1n) is 5.45. The number of hydrogen-bond donors (Lipinski definition) is 1. The Bertz CT molecular complexity index is 570. The first-order valence-corrected chi connectivity index (χ1v) is 5.45. The molecule has 1 aromatic heterocycles. The van der Waals surface area contributed by atoms with Crippen LogP contribution in [0.3, 0.4) is 0 Å². The third-order valence-electron chi connectivity index (χ3n) is 2.40. The Labute approximate surface area is 107 Å². The van der Waals surface area contributed by atoms with Gasteiger partial charge >= 0.3 is 6.18 Å². The van der Waals surface area contributed by atoms with E-state index in [0.717, 1.165) is 6.07 Å². The third-order valence-corrected chi connectivity index (χ3v) is 2.40. The molecule has 0 unspecified atom stereocenters. The van der Waals surface area contributed by atoms with Crippen molar-refractivity contribution < 1.29 is 17.9 Å². The van der Waals surface area contributed by atoms with Crippen molar-refractivity contribution in [3.8, 4) is 5.75 Å². The van der Waals surface area contributed by atoms with Crippen LogP contribution in [0.4, 0.5) is 18.9 Å². The molecule has 0 bridgehead atoms. The molecular formula is C13H11F3N2O. The first-order chi connectivity index (χ1) is 8.97. The minimum absolute atomic E-state index is 0.0227. The van der Waals surface area contributed by atoms with Crippen LogP contribution >= 0.6 is 0 Å². The fourth-order valence-corrected chi connectivity index (χ4v) is 1.57. The van der Waals surface area contributed by atoms with Gasteiger partial charge in [-0.2, -0.15) is 13.2 Å². The number of rotatable bonds is 3. The van der Waals surface area contributed by atoms with Crippen LogP contribution < -0.4 is 10.5 Å². The van der Waals surface area contributed by atoms with Crippen LogP contribution in [0.25, 0.3) is 0 Å². The van der Waals surface area contributed by atoms with Crippen molar-refractivity contribution in [1.29, 1.82) is 0 Å². The summed E-state index contributed by atoms with van der Waals surface area (Å²) in [5.74, 6) is -0.211. The van der Waals surface area contributed by atoms with E-state index in [9.17, 15) is 13.2 Å². The maximum atomic E-state index is 12.7. The molecule has 0 aliphatic carbocycles. The summed E-state index contributed by atoms with van der Waals surface area (Å²) in [5, 5.41) is 0. The number of anilines is 1. The molecule has 0 saturated carbocycles. The number of pyridine rings is 1. The number of nitrogens with two attached hydrogens (primary N) is 1. The molecule has 6 heteroatoms. The van der Waals surface area contributed by atoms with Crippen LogP contribution in [0.15, 0.2) is 42.7 Å². The van der Waals surface area contributed by atoms with E-state index in [1.54, 1.807) is 6.07 Å². The van der Waals surface area contributed by atoms with Crippen LogP contribution in [0, 0.1) is 0 Å². The second-order valence-corrected chi connectivity index (χ2v) is 3.91. The standard InChI is InChI=1S/C13H11F3N2O/c14-13(15,16)11-3-1-2-4-12(11)19-8-9-5-10(17)7-18-6-9/h1-7H,8,17H2. The largest absolute Gasteiger partial charge is 0.488 e. The highest BCUT2D eigenvalue weighted by molar-refractivity contribution is 5.38. The molecule has 0 aliphatic heterocycles. The Morgan fingerprint density at radius 2 is 1.89 bits per heavy atom. The number of ether oxygens (including phenoxy) is 1. The van der Waals surface area contributed by atoms with Gasteiger partial charge in [-0.25, -0.2) is 0 Å². The lowest BCUT2D eigenvalue weighted by Gasteiger charge is -2.13. The van der Waals surface area contributed by atoms with Crippen molar-refractivity contribution in [1.82, 2.24) is 4.98 Å². The molecule has 0 aliphatic rings. The summed E-state index contributed by atoms with van der Waals surface area (Å²) in [4.78, 5) is 3.84. The fraction of sp³-hybridized carbons (Fsp3) is 0.154. The highest BCUT2D eigenvalue weighted by Crippen LogP contribution is 2.36. The number of nitrogen functional groups attached to an aromatic ring is 1. The predicted molar refractivity (Wildman–Crippen MR) is 64.4 cm³/mol. The zero-order valence-corrected chi connectivity index (χ0v) is 9.82. The normalized spacial score (nSPS) is 11.3. The molecule has 0 amide bonds. The van der Waals surface area contributed by atoms with Crippen molar-refractivity contribution in [3.63, 3.8) is 0 Å². The summed E-state index contributed by atoms with van der Waals surface area (Å²) in [7, 11) is 0. The van der Waals surface area contributed by atoms with E-state index >= 15 is 0 Å². The maximum absolute atomic E-state index is 12.7. The van der Waals surface area contributed by atoms with Gasteiger partial charge in [0.25, 0.3) is 0 Å². The van der Waals surface area contributed by atoms with Crippen molar-refractivity contribution in [2.45, 2.75) is 12.8 Å².